The van der Waals surface area contributed by atoms with E-state index < -0.39 is 10.0 Å². The summed E-state index contributed by atoms with van der Waals surface area (Å²) in [5.74, 6) is 0.444. The first-order valence-corrected chi connectivity index (χ1v) is 10.6. The minimum atomic E-state index is -3.48. The first kappa shape index (κ1) is 20.8. The molecular formula is C20H26N2O4S. The molecule has 0 atom stereocenters. The van der Waals surface area contributed by atoms with Crippen LogP contribution in [0.15, 0.2) is 48.5 Å². The van der Waals surface area contributed by atoms with Gasteiger partial charge in [-0.2, -0.15) is 0 Å². The Kier molecular flexibility index (Phi) is 6.85. The van der Waals surface area contributed by atoms with E-state index in [1.54, 1.807) is 36.4 Å². The van der Waals surface area contributed by atoms with Crippen LogP contribution in [0, 0.1) is 6.92 Å². The third-order valence-corrected chi connectivity index (χ3v) is 5.01. The molecule has 0 heterocycles. The lowest BCUT2D eigenvalue weighted by Crippen LogP contribution is -2.38. The molecule has 0 saturated carbocycles. The predicted octanol–water partition coefficient (Wildman–Crippen LogP) is 2.98. The van der Waals surface area contributed by atoms with Crippen molar-refractivity contribution in [3.63, 3.8) is 0 Å². The van der Waals surface area contributed by atoms with Crippen LogP contribution < -0.4 is 14.4 Å². The number of aryl methyl sites for hydroxylation is 1. The van der Waals surface area contributed by atoms with E-state index in [4.69, 9.17) is 4.74 Å². The molecule has 7 heteroatoms. The van der Waals surface area contributed by atoms with Crippen molar-refractivity contribution in [3.05, 3.63) is 59.7 Å². The third-order valence-electron chi connectivity index (χ3n) is 3.81. The number of sulfonamides is 1. The summed E-state index contributed by atoms with van der Waals surface area (Å²) in [7, 11) is -3.48. The minimum absolute atomic E-state index is 0.0406. The summed E-state index contributed by atoms with van der Waals surface area (Å²) < 4.78 is 31.2. The van der Waals surface area contributed by atoms with Crippen LogP contribution in [0.5, 0.6) is 5.75 Å². The van der Waals surface area contributed by atoms with Gasteiger partial charge in [-0.25, -0.2) is 8.42 Å². The van der Waals surface area contributed by atoms with Crippen LogP contribution in [0.2, 0.25) is 0 Å². The zero-order valence-corrected chi connectivity index (χ0v) is 16.9. The highest BCUT2D eigenvalue weighted by Crippen LogP contribution is 2.22. The monoisotopic (exact) mass is 390 g/mol. The third kappa shape index (κ3) is 6.29. The SMILES string of the molecule is Cc1ccc(C(=O)NCCN(c2ccc(OC(C)C)cc2)S(C)(=O)=O)cc1. The fraction of sp³-hybridized carbons (Fsp3) is 0.350. The lowest BCUT2D eigenvalue weighted by molar-refractivity contribution is 0.0955. The molecule has 1 amide bonds. The van der Waals surface area contributed by atoms with Gasteiger partial charge in [0, 0.05) is 12.1 Å². The Bertz CT molecular complexity index is 860. The molecule has 0 bridgehead atoms. The number of carbonyl (C=O) groups is 1. The van der Waals surface area contributed by atoms with Gasteiger partial charge in [0.05, 0.1) is 24.6 Å². The second-order valence-electron chi connectivity index (χ2n) is 6.62. The Morgan fingerprint density at radius 3 is 2.19 bits per heavy atom. The van der Waals surface area contributed by atoms with Crippen LogP contribution in [0.1, 0.15) is 29.8 Å². The maximum absolute atomic E-state index is 12.2. The summed E-state index contributed by atoms with van der Waals surface area (Å²) in [5, 5.41) is 2.76. The van der Waals surface area contributed by atoms with Crippen molar-refractivity contribution in [2.75, 3.05) is 23.7 Å². The van der Waals surface area contributed by atoms with E-state index in [9.17, 15) is 13.2 Å². The number of benzene rings is 2. The number of amides is 1. The molecule has 0 aliphatic carbocycles. The molecule has 146 valence electrons. The van der Waals surface area contributed by atoms with Gasteiger partial charge < -0.3 is 10.1 Å². The van der Waals surface area contributed by atoms with Crippen molar-refractivity contribution >= 4 is 21.6 Å². The topological polar surface area (TPSA) is 75.7 Å². The molecule has 0 aromatic heterocycles. The maximum Gasteiger partial charge on any atom is 0.251 e. The Labute approximate surface area is 161 Å². The molecule has 0 saturated heterocycles. The average molecular weight is 391 g/mol. The van der Waals surface area contributed by atoms with Gasteiger partial charge in [0.2, 0.25) is 10.0 Å². The van der Waals surface area contributed by atoms with Crippen molar-refractivity contribution in [2.45, 2.75) is 26.9 Å². The summed E-state index contributed by atoms with van der Waals surface area (Å²) in [5.41, 5.74) is 2.14. The fourth-order valence-corrected chi connectivity index (χ4v) is 3.46. The largest absolute Gasteiger partial charge is 0.491 e. The lowest BCUT2D eigenvalue weighted by Gasteiger charge is -2.23. The van der Waals surface area contributed by atoms with Crippen molar-refractivity contribution in [2.24, 2.45) is 0 Å². The van der Waals surface area contributed by atoms with Crippen molar-refractivity contribution in [3.8, 4) is 5.75 Å². The van der Waals surface area contributed by atoms with E-state index in [1.165, 1.54) is 4.31 Å². The molecule has 2 aromatic rings. The van der Waals surface area contributed by atoms with Crippen LogP contribution in [-0.4, -0.2) is 39.8 Å². The van der Waals surface area contributed by atoms with E-state index in [0.29, 0.717) is 17.0 Å². The molecule has 27 heavy (non-hydrogen) atoms. The van der Waals surface area contributed by atoms with Gasteiger partial charge >= 0.3 is 0 Å². The van der Waals surface area contributed by atoms with Crippen LogP contribution in [0.3, 0.4) is 0 Å². The number of hydrogen-bond donors (Lipinski definition) is 1. The zero-order chi connectivity index (χ0) is 20.0. The first-order valence-electron chi connectivity index (χ1n) is 8.76. The molecule has 0 radical (unpaired) electrons. The number of nitrogens with one attached hydrogen (secondary N) is 1. The molecule has 0 unspecified atom stereocenters. The summed E-state index contributed by atoms with van der Waals surface area (Å²) in [6.07, 6.45) is 1.19. The van der Waals surface area contributed by atoms with Gasteiger partial charge in [-0.05, 0) is 57.2 Å². The van der Waals surface area contributed by atoms with Gasteiger partial charge in [0.25, 0.3) is 5.91 Å². The van der Waals surface area contributed by atoms with Gasteiger partial charge in [-0.3, -0.25) is 9.10 Å². The Morgan fingerprint density at radius 1 is 1.07 bits per heavy atom. The lowest BCUT2D eigenvalue weighted by atomic mass is 10.1. The van der Waals surface area contributed by atoms with Crippen LogP contribution >= 0.6 is 0 Å². The first-order chi connectivity index (χ1) is 12.7. The van der Waals surface area contributed by atoms with E-state index in [1.807, 2.05) is 32.9 Å². The molecule has 0 fully saturated rings. The molecule has 0 aliphatic heterocycles. The summed E-state index contributed by atoms with van der Waals surface area (Å²) >= 11 is 0. The average Bonchev–Trinajstić information content (AvgIpc) is 2.58. The predicted molar refractivity (Wildman–Crippen MR) is 108 cm³/mol. The highest BCUT2D eigenvalue weighted by atomic mass is 32.2. The van der Waals surface area contributed by atoms with Crippen molar-refractivity contribution < 1.29 is 17.9 Å². The highest BCUT2D eigenvalue weighted by Gasteiger charge is 2.17. The molecule has 0 aliphatic rings. The summed E-state index contributed by atoms with van der Waals surface area (Å²) in [4.78, 5) is 12.2. The standard InChI is InChI=1S/C20H26N2O4S/c1-15(2)26-19-11-9-18(10-12-19)22(27(4,24)25)14-13-21-20(23)17-7-5-16(3)6-8-17/h5-12,15H,13-14H2,1-4H3,(H,21,23). The number of hydrogen-bond acceptors (Lipinski definition) is 4. The molecule has 1 N–H and O–H groups in total. The fourth-order valence-electron chi connectivity index (χ4n) is 2.53. The second kappa shape index (κ2) is 8.90. The normalized spacial score (nSPS) is 11.3. The molecular weight excluding hydrogens is 364 g/mol. The van der Waals surface area contributed by atoms with Crippen LogP contribution in [-0.2, 0) is 10.0 Å². The molecule has 6 nitrogen and oxygen atoms in total. The number of anilines is 1. The smallest absolute Gasteiger partial charge is 0.251 e. The molecule has 2 rings (SSSR count). The Hall–Kier alpha value is -2.54. The number of ether oxygens (including phenoxy) is 1. The van der Waals surface area contributed by atoms with Crippen LogP contribution in [0.4, 0.5) is 5.69 Å². The quantitative estimate of drug-likeness (QED) is 0.752. The number of nitrogens with zero attached hydrogens (tertiary/aromatic N) is 1. The van der Waals surface area contributed by atoms with Gasteiger partial charge in [0.15, 0.2) is 0 Å². The Balaban J connectivity index is 2.03. The number of carbonyl (C=O) groups excluding carboxylic acids is 1. The van der Waals surface area contributed by atoms with Gasteiger partial charge in [0.1, 0.15) is 5.75 Å². The minimum Gasteiger partial charge on any atom is -0.491 e. The second-order valence-corrected chi connectivity index (χ2v) is 8.52. The summed E-state index contributed by atoms with van der Waals surface area (Å²) in [6, 6.07) is 14.1. The highest BCUT2D eigenvalue weighted by molar-refractivity contribution is 7.92. The maximum atomic E-state index is 12.2. The Morgan fingerprint density at radius 2 is 1.67 bits per heavy atom. The molecule has 2 aromatic carbocycles. The number of rotatable bonds is 8. The van der Waals surface area contributed by atoms with Crippen LogP contribution in [0.25, 0.3) is 0 Å². The van der Waals surface area contributed by atoms with E-state index in [-0.39, 0.29) is 25.1 Å². The van der Waals surface area contributed by atoms with Gasteiger partial charge in [-0.15, -0.1) is 0 Å². The summed E-state index contributed by atoms with van der Waals surface area (Å²) in [6.45, 7) is 6.13. The van der Waals surface area contributed by atoms with Crippen molar-refractivity contribution in [1.29, 1.82) is 0 Å². The van der Waals surface area contributed by atoms with E-state index in [0.717, 1.165) is 11.8 Å². The van der Waals surface area contributed by atoms with E-state index >= 15 is 0 Å². The zero-order valence-electron chi connectivity index (χ0n) is 16.1. The van der Waals surface area contributed by atoms with Crippen molar-refractivity contribution in [1.82, 2.24) is 5.32 Å². The molecule has 0 spiro atoms. The van der Waals surface area contributed by atoms with E-state index in [2.05, 4.69) is 5.32 Å². The van der Waals surface area contributed by atoms with Gasteiger partial charge in [-0.1, -0.05) is 17.7 Å².